The number of hydrogen-bond acceptors (Lipinski definition) is 4. The van der Waals surface area contributed by atoms with Crippen molar-refractivity contribution in [1.82, 2.24) is 0 Å². The molecule has 1 atom stereocenters. The maximum atomic E-state index is 12.5. The number of benzene rings is 1. The number of furan rings is 1. The Morgan fingerprint density at radius 2 is 2.12 bits per heavy atom. The lowest BCUT2D eigenvalue weighted by Gasteiger charge is -2.20. The van der Waals surface area contributed by atoms with Gasteiger partial charge in [-0.2, -0.15) is 0 Å². The van der Waals surface area contributed by atoms with Gasteiger partial charge in [0.05, 0.1) is 25.4 Å². The number of carbonyl (C=O) groups excluding carboxylic acids is 1. The van der Waals surface area contributed by atoms with Gasteiger partial charge in [-0.25, -0.2) is 0 Å². The van der Waals surface area contributed by atoms with Gasteiger partial charge in [0.15, 0.2) is 5.76 Å². The molecule has 1 N–H and O–H groups in total. The van der Waals surface area contributed by atoms with Crippen LogP contribution in [0.5, 0.6) is 11.5 Å². The minimum Gasteiger partial charge on any atom is -0.872 e. The number of carbonyl (C=O) groups is 1. The topological polar surface area (TPSA) is 66.9 Å². The molecule has 1 aliphatic rings. The smallest absolute Gasteiger partial charge is 0.232 e. The highest BCUT2D eigenvalue weighted by atomic mass is 16.5. The van der Waals surface area contributed by atoms with Crippen molar-refractivity contribution in [3.8, 4) is 11.5 Å². The van der Waals surface area contributed by atoms with Gasteiger partial charge >= 0.3 is 0 Å². The number of ketones is 1. The van der Waals surface area contributed by atoms with E-state index in [0.717, 1.165) is 19.4 Å². The summed E-state index contributed by atoms with van der Waals surface area (Å²) in [6.45, 7) is 3.66. The van der Waals surface area contributed by atoms with Crippen molar-refractivity contribution in [2.24, 2.45) is 0 Å². The Bertz CT molecular complexity index is 762. The number of unbranched alkanes of at least 4 members (excludes halogenated alkanes) is 1. The maximum Gasteiger partial charge on any atom is 0.232 e. The van der Waals surface area contributed by atoms with E-state index in [9.17, 15) is 9.90 Å². The Kier molecular flexibility index (Phi) is 4.71. The van der Waals surface area contributed by atoms with Crippen molar-refractivity contribution in [2.45, 2.75) is 26.3 Å². The zero-order valence-corrected chi connectivity index (χ0v) is 13.9. The van der Waals surface area contributed by atoms with Gasteiger partial charge in [-0.05, 0) is 24.6 Å². The summed E-state index contributed by atoms with van der Waals surface area (Å²) in [5.74, 6) is 0.838. The van der Waals surface area contributed by atoms with E-state index < -0.39 is 0 Å². The van der Waals surface area contributed by atoms with Crippen LogP contribution in [0, 0.1) is 0 Å². The molecule has 2 aromatic rings. The number of rotatable bonds is 6. The summed E-state index contributed by atoms with van der Waals surface area (Å²) in [7, 11) is 2.05. The summed E-state index contributed by atoms with van der Waals surface area (Å²) >= 11 is 0. The average molecular weight is 327 g/mol. The van der Waals surface area contributed by atoms with Crippen LogP contribution in [0.2, 0.25) is 0 Å². The number of hydrogen-bond donors (Lipinski definition) is 1. The minimum atomic E-state index is -0.214. The standard InChI is InChI=1S/C19H21NO4/c1-3-4-9-20(2)12-15-16(21)8-7-14-18(22)17(24-19(14)15)11-13-6-5-10-23-13/h5-8,10-11,21H,3-4,9,12H2,1-2H3/b17-11-. The van der Waals surface area contributed by atoms with E-state index in [0.29, 0.717) is 29.2 Å². The Labute approximate surface area is 141 Å². The van der Waals surface area contributed by atoms with E-state index in [-0.39, 0.29) is 17.3 Å². The van der Waals surface area contributed by atoms with Crippen LogP contribution >= 0.6 is 0 Å². The van der Waals surface area contributed by atoms with E-state index in [2.05, 4.69) is 6.92 Å². The average Bonchev–Trinajstić information content (AvgIpc) is 3.18. The van der Waals surface area contributed by atoms with Gasteiger partial charge < -0.3 is 19.2 Å². The van der Waals surface area contributed by atoms with Gasteiger partial charge in [0, 0.05) is 11.6 Å². The van der Waals surface area contributed by atoms with E-state index in [1.165, 1.54) is 17.2 Å². The van der Waals surface area contributed by atoms with Gasteiger partial charge in [-0.15, -0.1) is 0 Å². The normalized spacial score (nSPS) is 16.2. The van der Waals surface area contributed by atoms with Crippen LogP contribution in [0.3, 0.4) is 0 Å². The highest BCUT2D eigenvalue weighted by Crippen LogP contribution is 2.38. The second-order valence-electron chi connectivity index (χ2n) is 6.11. The molecule has 0 fully saturated rings. The molecule has 126 valence electrons. The molecule has 24 heavy (non-hydrogen) atoms. The van der Waals surface area contributed by atoms with Crippen LogP contribution in [0.1, 0.15) is 41.4 Å². The summed E-state index contributed by atoms with van der Waals surface area (Å²) in [5.41, 5.74) is 1.02. The third kappa shape index (κ3) is 3.21. The van der Waals surface area contributed by atoms with E-state index in [1.54, 1.807) is 24.3 Å². The Balaban J connectivity index is 1.89. The SMILES string of the molecule is CCCC[NH+](C)Cc1c([O-])ccc2c1O/C(=C\c1ccco1)C2=O. The number of quaternary nitrogens is 1. The summed E-state index contributed by atoms with van der Waals surface area (Å²) in [6, 6.07) is 6.49. The van der Waals surface area contributed by atoms with Gasteiger partial charge in [-0.1, -0.05) is 25.2 Å². The maximum absolute atomic E-state index is 12.5. The van der Waals surface area contributed by atoms with Crippen LogP contribution in [0.4, 0.5) is 0 Å². The molecule has 2 heterocycles. The zero-order valence-electron chi connectivity index (χ0n) is 13.9. The lowest BCUT2D eigenvalue weighted by atomic mass is 10.0. The number of allylic oxidation sites excluding steroid dienone is 1. The third-order valence-corrected chi connectivity index (χ3v) is 4.15. The third-order valence-electron chi connectivity index (χ3n) is 4.15. The molecular weight excluding hydrogens is 306 g/mol. The van der Waals surface area contributed by atoms with Crippen molar-refractivity contribution < 1.29 is 24.0 Å². The van der Waals surface area contributed by atoms with E-state index in [1.807, 2.05) is 7.05 Å². The lowest BCUT2D eigenvalue weighted by molar-refractivity contribution is -0.894. The van der Waals surface area contributed by atoms with Crippen LogP contribution in [-0.2, 0) is 6.54 Å². The molecule has 1 aromatic heterocycles. The van der Waals surface area contributed by atoms with Gasteiger partial charge in [0.25, 0.3) is 0 Å². The van der Waals surface area contributed by atoms with Crippen molar-refractivity contribution in [2.75, 3.05) is 13.6 Å². The molecule has 3 rings (SSSR count). The molecule has 0 saturated heterocycles. The predicted molar refractivity (Wildman–Crippen MR) is 87.9 cm³/mol. The van der Waals surface area contributed by atoms with Crippen molar-refractivity contribution in [3.05, 3.63) is 53.2 Å². The minimum absolute atomic E-state index is 0.0864. The summed E-state index contributed by atoms with van der Waals surface area (Å²) in [4.78, 5) is 13.7. The molecule has 0 spiro atoms. The van der Waals surface area contributed by atoms with Crippen LogP contribution in [0.25, 0.3) is 6.08 Å². The van der Waals surface area contributed by atoms with Crippen molar-refractivity contribution in [3.63, 3.8) is 0 Å². The van der Waals surface area contributed by atoms with E-state index >= 15 is 0 Å². The first-order valence-electron chi connectivity index (χ1n) is 8.22. The quantitative estimate of drug-likeness (QED) is 0.822. The van der Waals surface area contributed by atoms with Crippen LogP contribution < -0.4 is 14.7 Å². The molecule has 0 amide bonds. The molecule has 0 aliphatic carbocycles. The molecule has 1 aliphatic heterocycles. The van der Waals surface area contributed by atoms with E-state index in [4.69, 9.17) is 9.15 Å². The fourth-order valence-corrected chi connectivity index (χ4v) is 2.83. The Hall–Kier alpha value is -2.53. The monoisotopic (exact) mass is 327 g/mol. The highest BCUT2D eigenvalue weighted by molar-refractivity contribution is 6.14. The number of fused-ring (bicyclic) bond motifs is 1. The molecule has 0 radical (unpaired) electrons. The second-order valence-corrected chi connectivity index (χ2v) is 6.11. The van der Waals surface area contributed by atoms with Gasteiger partial charge in [0.1, 0.15) is 18.1 Å². The largest absolute Gasteiger partial charge is 0.872 e. The van der Waals surface area contributed by atoms with Crippen LogP contribution in [-0.4, -0.2) is 19.4 Å². The van der Waals surface area contributed by atoms with Crippen molar-refractivity contribution in [1.29, 1.82) is 0 Å². The fraction of sp³-hybridized carbons (Fsp3) is 0.316. The Morgan fingerprint density at radius 1 is 1.29 bits per heavy atom. The first-order chi connectivity index (χ1) is 11.6. The molecule has 5 nitrogen and oxygen atoms in total. The Morgan fingerprint density at radius 3 is 2.83 bits per heavy atom. The van der Waals surface area contributed by atoms with Crippen LogP contribution in [0.15, 0.2) is 40.7 Å². The summed E-state index contributed by atoms with van der Waals surface area (Å²) in [6.07, 6.45) is 5.30. The van der Waals surface area contributed by atoms with Gasteiger partial charge in [-0.3, -0.25) is 4.79 Å². The van der Waals surface area contributed by atoms with Gasteiger partial charge in [0.2, 0.25) is 5.78 Å². The molecule has 0 bridgehead atoms. The first-order valence-corrected chi connectivity index (χ1v) is 8.22. The number of nitrogens with one attached hydrogen (secondary N) is 1. The van der Waals surface area contributed by atoms with Crippen molar-refractivity contribution >= 4 is 11.9 Å². The number of Topliss-reactive ketones (excluding diaryl/α,β-unsaturated/α-hetero) is 1. The summed E-state index contributed by atoms with van der Waals surface area (Å²) < 4.78 is 11.0. The lowest BCUT2D eigenvalue weighted by Crippen LogP contribution is -3.07. The first kappa shape index (κ1) is 16.3. The molecule has 5 heteroatoms. The zero-order chi connectivity index (χ0) is 17.1. The highest BCUT2D eigenvalue weighted by Gasteiger charge is 2.30. The fourth-order valence-electron chi connectivity index (χ4n) is 2.83. The molecular formula is C19H21NO4. The predicted octanol–water partition coefficient (Wildman–Crippen LogP) is 1.78. The molecule has 1 aromatic carbocycles. The summed E-state index contributed by atoms with van der Waals surface area (Å²) in [5, 5.41) is 12.3. The second kappa shape index (κ2) is 6.93. The molecule has 1 unspecified atom stereocenters. The molecule has 0 saturated carbocycles. The number of ether oxygens (including phenoxy) is 1.